The van der Waals surface area contributed by atoms with Crippen molar-refractivity contribution in [2.24, 2.45) is 5.92 Å². The highest BCUT2D eigenvalue weighted by molar-refractivity contribution is 5.98. The van der Waals surface area contributed by atoms with E-state index in [1.165, 1.54) is 12.1 Å². The maximum atomic E-state index is 13.1. The number of anilines is 2. The number of benzene rings is 2. The molecule has 0 unspecified atom stereocenters. The lowest BCUT2D eigenvalue weighted by atomic mass is 9.86. The lowest BCUT2D eigenvalue weighted by Crippen LogP contribution is -2.47. The Hall–Kier alpha value is -3.68. The fourth-order valence-corrected chi connectivity index (χ4v) is 4.61. The van der Waals surface area contributed by atoms with E-state index in [2.05, 4.69) is 11.1 Å². The molecule has 35 heavy (non-hydrogen) atoms. The number of rotatable bonds is 4. The molecular weight excluding hydrogens is 453 g/mol. The Kier molecular flexibility index (Phi) is 6.28. The van der Waals surface area contributed by atoms with E-state index in [1.54, 1.807) is 12.3 Å². The number of fused-ring (bicyclic) bond motifs is 1. The van der Waals surface area contributed by atoms with Gasteiger partial charge in [-0.05, 0) is 36.1 Å². The Labute approximate surface area is 201 Å². The number of carbonyl (C=O) groups is 1. The largest absolute Gasteiger partial charge is 0.416 e. The maximum Gasteiger partial charge on any atom is 0.416 e. The van der Waals surface area contributed by atoms with Crippen LogP contribution in [0.1, 0.15) is 33.6 Å². The van der Waals surface area contributed by atoms with E-state index in [1.807, 2.05) is 46.2 Å². The van der Waals surface area contributed by atoms with Gasteiger partial charge in [-0.25, -0.2) is 9.97 Å². The highest BCUT2D eigenvalue weighted by Gasteiger charge is 2.31. The normalized spacial score (nSPS) is 18.7. The third-order valence-electron chi connectivity index (χ3n) is 6.52. The summed E-state index contributed by atoms with van der Waals surface area (Å²) in [6.45, 7) is 2.28. The summed E-state index contributed by atoms with van der Waals surface area (Å²) in [4.78, 5) is 25.8. The molecule has 1 aromatic heterocycles. The van der Waals surface area contributed by atoms with E-state index < -0.39 is 11.7 Å². The van der Waals surface area contributed by atoms with Gasteiger partial charge < -0.3 is 9.80 Å². The number of Topliss-reactive ketones (excluding diaryl/α,β-unsaturated/α-hetero) is 1. The number of ketones is 1. The molecule has 2 aliphatic rings. The van der Waals surface area contributed by atoms with Gasteiger partial charge in [-0.15, -0.1) is 0 Å². The lowest BCUT2D eigenvalue weighted by molar-refractivity contribution is -0.137. The van der Waals surface area contributed by atoms with Crippen molar-refractivity contribution < 1.29 is 18.0 Å². The van der Waals surface area contributed by atoms with Crippen LogP contribution in [0.4, 0.5) is 24.8 Å². The molecule has 0 saturated carbocycles. The average Bonchev–Trinajstić information content (AvgIpc) is 2.87. The van der Waals surface area contributed by atoms with Gasteiger partial charge in [-0.3, -0.25) is 4.79 Å². The van der Waals surface area contributed by atoms with Crippen molar-refractivity contribution in [1.29, 1.82) is 0 Å². The molecular formula is C27H25F3N4O. The third kappa shape index (κ3) is 5.21. The summed E-state index contributed by atoms with van der Waals surface area (Å²) < 4.78 is 39.2. The molecule has 0 N–H and O–H groups in total. The van der Waals surface area contributed by atoms with Crippen LogP contribution >= 0.6 is 0 Å². The van der Waals surface area contributed by atoms with Crippen molar-refractivity contribution in [1.82, 2.24) is 9.97 Å². The summed E-state index contributed by atoms with van der Waals surface area (Å²) in [5.41, 5.74) is 2.35. The summed E-state index contributed by atoms with van der Waals surface area (Å²) in [6.07, 6.45) is 2.49. The Balaban J connectivity index is 1.26. The zero-order valence-electron chi connectivity index (χ0n) is 19.1. The number of aromatic nitrogens is 2. The van der Waals surface area contributed by atoms with Gasteiger partial charge in [0.25, 0.3) is 0 Å². The fraction of sp³-hybridized carbons (Fsp3) is 0.296. The van der Waals surface area contributed by atoms with Crippen LogP contribution < -0.4 is 9.80 Å². The van der Waals surface area contributed by atoms with Crippen molar-refractivity contribution in [3.8, 4) is 0 Å². The first kappa shape index (κ1) is 23.1. The molecule has 8 heteroatoms. The first-order valence-electron chi connectivity index (χ1n) is 11.7. The molecule has 1 aliphatic carbocycles. The quantitative estimate of drug-likeness (QED) is 0.511. The number of hydrogen-bond acceptors (Lipinski definition) is 5. The summed E-state index contributed by atoms with van der Waals surface area (Å²) in [6, 6.07) is 15.4. The molecule has 2 aromatic carbocycles. The Morgan fingerprint density at radius 1 is 0.914 bits per heavy atom. The molecule has 0 amide bonds. The monoisotopic (exact) mass is 478 g/mol. The predicted octanol–water partition coefficient (Wildman–Crippen LogP) is 5.28. The van der Waals surface area contributed by atoms with Gasteiger partial charge in [0, 0.05) is 44.5 Å². The third-order valence-corrected chi connectivity index (χ3v) is 6.52. The minimum Gasteiger partial charge on any atom is -0.368 e. The molecule has 1 saturated heterocycles. The number of piperazine rings is 1. The summed E-state index contributed by atoms with van der Waals surface area (Å²) in [5.74, 6) is 0.693. The molecule has 0 bridgehead atoms. The van der Waals surface area contributed by atoms with Crippen LogP contribution in [0.3, 0.4) is 0 Å². The summed E-state index contributed by atoms with van der Waals surface area (Å²) in [5, 5.41) is 0. The van der Waals surface area contributed by atoms with Crippen LogP contribution in [0.2, 0.25) is 0 Å². The second kappa shape index (κ2) is 9.52. The van der Waals surface area contributed by atoms with Gasteiger partial charge in [-0.1, -0.05) is 48.6 Å². The number of allylic oxidation sites excluding steroid dienone is 1. The second-order valence-electron chi connectivity index (χ2n) is 8.91. The van der Waals surface area contributed by atoms with Crippen LogP contribution in [-0.4, -0.2) is 41.9 Å². The van der Waals surface area contributed by atoms with E-state index in [0.29, 0.717) is 56.2 Å². The van der Waals surface area contributed by atoms with Gasteiger partial charge in [-0.2, -0.15) is 13.2 Å². The Morgan fingerprint density at radius 2 is 1.66 bits per heavy atom. The zero-order chi connectivity index (χ0) is 24.4. The highest BCUT2D eigenvalue weighted by Crippen LogP contribution is 2.32. The average molecular weight is 479 g/mol. The molecule has 1 fully saturated rings. The van der Waals surface area contributed by atoms with Crippen molar-refractivity contribution >= 4 is 23.5 Å². The van der Waals surface area contributed by atoms with Gasteiger partial charge in [0.15, 0.2) is 5.78 Å². The van der Waals surface area contributed by atoms with Crippen molar-refractivity contribution in [2.75, 3.05) is 36.0 Å². The van der Waals surface area contributed by atoms with E-state index >= 15 is 0 Å². The first-order valence-corrected chi connectivity index (χ1v) is 11.7. The van der Waals surface area contributed by atoms with E-state index in [4.69, 9.17) is 4.98 Å². The molecule has 1 atom stereocenters. The molecule has 180 valence electrons. The number of nitrogens with zero attached hydrogens (tertiary/aromatic N) is 4. The number of alkyl halides is 3. The number of hydrogen-bond donors (Lipinski definition) is 0. The summed E-state index contributed by atoms with van der Waals surface area (Å²) in [7, 11) is 0. The molecule has 2 heterocycles. The first-order chi connectivity index (χ1) is 16.9. The predicted molar refractivity (Wildman–Crippen MR) is 130 cm³/mol. The number of halogens is 3. The second-order valence-corrected chi connectivity index (χ2v) is 8.91. The van der Waals surface area contributed by atoms with Crippen LogP contribution in [0.15, 0.2) is 66.9 Å². The Bertz CT molecular complexity index is 1230. The molecule has 5 nitrogen and oxygen atoms in total. The SMILES string of the molecule is O=C1C[C@@H](/C=C/c2ccccc2)Cc2nc(N3CCN(c4cccc(C(F)(F)F)c4)CC3)ncc21. The van der Waals surface area contributed by atoms with E-state index in [-0.39, 0.29) is 11.7 Å². The van der Waals surface area contributed by atoms with Gasteiger partial charge in [0.2, 0.25) is 5.95 Å². The molecule has 3 aromatic rings. The zero-order valence-corrected chi connectivity index (χ0v) is 19.1. The van der Waals surface area contributed by atoms with Gasteiger partial charge in [0.05, 0.1) is 16.8 Å². The van der Waals surface area contributed by atoms with Crippen LogP contribution in [0.25, 0.3) is 6.08 Å². The minimum atomic E-state index is -4.36. The van der Waals surface area contributed by atoms with E-state index in [0.717, 1.165) is 17.3 Å². The van der Waals surface area contributed by atoms with Crippen LogP contribution in [0, 0.1) is 5.92 Å². The molecule has 0 spiro atoms. The topological polar surface area (TPSA) is 49.3 Å². The van der Waals surface area contributed by atoms with Crippen molar-refractivity contribution in [2.45, 2.75) is 19.0 Å². The Morgan fingerprint density at radius 3 is 2.40 bits per heavy atom. The highest BCUT2D eigenvalue weighted by atomic mass is 19.4. The number of carbonyl (C=O) groups excluding carboxylic acids is 1. The molecule has 5 rings (SSSR count). The smallest absolute Gasteiger partial charge is 0.368 e. The van der Waals surface area contributed by atoms with Crippen LogP contribution in [0.5, 0.6) is 0 Å². The van der Waals surface area contributed by atoms with Crippen molar-refractivity contribution in [3.05, 3.63) is 89.3 Å². The fourth-order valence-electron chi connectivity index (χ4n) is 4.61. The molecule has 1 aliphatic heterocycles. The lowest BCUT2D eigenvalue weighted by Gasteiger charge is -2.36. The van der Waals surface area contributed by atoms with E-state index in [9.17, 15) is 18.0 Å². The molecule has 0 radical (unpaired) electrons. The van der Waals surface area contributed by atoms with Gasteiger partial charge in [0.1, 0.15) is 0 Å². The van der Waals surface area contributed by atoms with Crippen LogP contribution in [-0.2, 0) is 12.6 Å². The minimum absolute atomic E-state index is 0.0508. The standard InChI is InChI=1S/C27H25F3N4O/c28-27(29,30)21-7-4-8-22(17-21)33-11-13-34(14-12-33)26-31-18-23-24(32-26)15-20(16-25(23)35)10-9-19-5-2-1-3-6-19/h1-10,17-18,20H,11-16H2/b10-9+/t20-/m0/s1. The summed E-state index contributed by atoms with van der Waals surface area (Å²) >= 11 is 0. The van der Waals surface area contributed by atoms with Gasteiger partial charge >= 0.3 is 6.18 Å². The van der Waals surface area contributed by atoms with Crippen molar-refractivity contribution in [3.63, 3.8) is 0 Å². The maximum absolute atomic E-state index is 13.1.